The summed E-state index contributed by atoms with van der Waals surface area (Å²) in [6, 6.07) is 9.81. The lowest BCUT2D eigenvalue weighted by molar-refractivity contribution is -0.706. The van der Waals surface area contributed by atoms with Crippen LogP contribution in [0.25, 0.3) is 0 Å². The van der Waals surface area contributed by atoms with Crippen LogP contribution in [0.2, 0.25) is 0 Å². The Morgan fingerprint density at radius 2 is 1.71 bits per heavy atom. The minimum Gasteiger partial charge on any atom is -0.378 e. The SMILES string of the molecule is CN(C)c1ccc(C[NH2+]C2CCCCC2)cc1. The summed E-state index contributed by atoms with van der Waals surface area (Å²) < 4.78 is 0. The number of hydrogen-bond donors (Lipinski definition) is 1. The zero-order chi connectivity index (χ0) is 12.1. The highest BCUT2D eigenvalue weighted by molar-refractivity contribution is 5.45. The number of nitrogens with two attached hydrogens (primary N) is 1. The van der Waals surface area contributed by atoms with E-state index in [1.165, 1.54) is 43.4 Å². The minimum atomic E-state index is 0.872. The van der Waals surface area contributed by atoms with Gasteiger partial charge in [-0.3, -0.25) is 0 Å². The van der Waals surface area contributed by atoms with Crippen LogP contribution in [0.1, 0.15) is 37.7 Å². The van der Waals surface area contributed by atoms with Crippen molar-refractivity contribution in [3.63, 3.8) is 0 Å². The van der Waals surface area contributed by atoms with E-state index in [1.54, 1.807) is 0 Å². The van der Waals surface area contributed by atoms with Gasteiger partial charge in [0.15, 0.2) is 0 Å². The predicted octanol–water partition coefficient (Wildman–Crippen LogP) is 2.15. The normalized spacial score (nSPS) is 17.1. The second-order valence-electron chi connectivity index (χ2n) is 5.40. The lowest BCUT2D eigenvalue weighted by Crippen LogP contribution is -2.88. The molecule has 2 N–H and O–H groups in total. The largest absolute Gasteiger partial charge is 0.378 e. The molecule has 0 unspecified atom stereocenters. The van der Waals surface area contributed by atoms with Gasteiger partial charge in [-0.1, -0.05) is 18.6 Å². The van der Waals surface area contributed by atoms with Gasteiger partial charge in [0.05, 0.1) is 6.04 Å². The second-order valence-corrected chi connectivity index (χ2v) is 5.40. The van der Waals surface area contributed by atoms with Crippen LogP contribution in [0.5, 0.6) is 0 Å². The number of rotatable bonds is 4. The predicted molar refractivity (Wildman–Crippen MR) is 73.3 cm³/mol. The minimum absolute atomic E-state index is 0.872. The summed E-state index contributed by atoms with van der Waals surface area (Å²) in [6.07, 6.45) is 7.13. The summed E-state index contributed by atoms with van der Waals surface area (Å²) >= 11 is 0. The van der Waals surface area contributed by atoms with Crippen molar-refractivity contribution in [2.45, 2.75) is 44.7 Å². The molecule has 0 aromatic heterocycles. The van der Waals surface area contributed by atoms with Crippen molar-refractivity contribution in [3.8, 4) is 0 Å². The maximum atomic E-state index is 2.53. The summed E-state index contributed by atoms with van der Waals surface area (Å²) in [5, 5.41) is 2.53. The van der Waals surface area contributed by atoms with E-state index in [0.29, 0.717) is 0 Å². The Labute approximate surface area is 105 Å². The van der Waals surface area contributed by atoms with Crippen molar-refractivity contribution >= 4 is 5.69 Å². The molecule has 0 atom stereocenters. The highest BCUT2D eigenvalue weighted by Gasteiger charge is 2.15. The molecule has 1 fully saturated rings. The Bertz CT molecular complexity index is 323. The zero-order valence-corrected chi connectivity index (χ0v) is 11.2. The summed E-state index contributed by atoms with van der Waals surface area (Å²) in [5.41, 5.74) is 2.73. The molecule has 0 amide bonds. The van der Waals surface area contributed by atoms with E-state index < -0.39 is 0 Å². The third-order valence-electron chi connectivity index (χ3n) is 3.79. The van der Waals surface area contributed by atoms with Gasteiger partial charge in [0.2, 0.25) is 0 Å². The number of nitrogens with zero attached hydrogens (tertiary/aromatic N) is 1. The molecule has 0 aliphatic heterocycles. The van der Waals surface area contributed by atoms with Crippen molar-refractivity contribution in [2.24, 2.45) is 0 Å². The third-order valence-corrected chi connectivity index (χ3v) is 3.79. The van der Waals surface area contributed by atoms with Gasteiger partial charge < -0.3 is 10.2 Å². The summed E-state index contributed by atoms with van der Waals surface area (Å²) in [5.74, 6) is 0. The molecule has 0 bridgehead atoms. The van der Waals surface area contributed by atoms with Crippen LogP contribution in [-0.2, 0) is 6.54 Å². The molecule has 94 valence electrons. The molecule has 0 spiro atoms. The number of anilines is 1. The lowest BCUT2D eigenvalue weighted by atomic mass is 9.95. The third kappa shape index (κ3) is 3.74. The second kappa shape index (κ2) is 6.06. The first-order valence-corrected chi connectivity index (χ1v) is 6.85. The van der Waals surface area contributed by atoms with E-state index in [4.69, 9.17) is 0 Å². The Kier molecular flexibility index (Phi) is 4.43. The van der Waals surface area contributed by atoms with Crippen LogP contribution in [-0.4, -0.2) is 20.1 Å². The zero-order valence-electron chi connectivity index (χ0n) is 11.2. The van der Waals surface area contributed by atoms with Crippen molar-refractivity contribution in [3.05, 3.63) is 29.8 Å². The Morgan fingerprint density at radius 3 is 2.29 bits per heavy atom. The lowest BCUT2D eigenvalue weighted by Gasteiger charge is -2.20. The maximum Gasteiger partial charge on any atom is 0.101 e. The number of quaternary nitrogens is 1. The molecule has 1 aliphatic rings. The summed E-state index contributed by atoms with van der Waals surface area (Å²) in [6.45, 7) is 1.14. The smallest absolute Gasteiger partial charge is 0.101 e. The first-order chi connectivity index (χ1) is 8.25. The van der Waals surface area contributed by atoms with Gasteiger partial charge in [0, 0.05) is 25.3 Å². The van der Waals surface area contributed by atoms with Gasteiger partial charge in [-0.15, -0.1) is 0 Å². The molecular weight excluding hydrogens is 208 g/mol. The van der Waals surface area contributed by atoms with Crippen molar-refractivity contribution in [2.75, 3.05) is 19.0 Å². The van der Waals surface area contributed by atoms with Gasteiger partial charge >= 0.3 is 0 Å². The van der Waals surface area contributed by atoms with E-state index in [2.05, 4.69) is 48.6 Å². The standard InChI is InChI=1S/C15H24N2/c1-17(2)15-10-8-13(9-11-15)12-16-14-6-4-3-5-7-14/h8-11,14,16H,3-7,12H2,1-2H3/p+1. The molecule has 1 saturated carbocycles. The van der Waals surface area contributed by atoms with Crippen LogP contribution >= 0.6 is 0 Å². The molecule has 1 aromatic carbocycles. The highest BCUT2D eigenvalue weighted by atomic mass is 15.1. The summed E-state index contributed by atoms with van der Waals surface area (Å²) in [4.78, 5) is 2.15. The van der Waals surface area contributed by atoms with E-state index in [9.17, 15) is 0 Å². The Hall–Kier alpha value is -1.02. The van der Waals surface area contributed by atoms with Crippen LogP contribution in [0, 0.1) is 0 Å². The molecule has 17 heavy (non-hydrogen) atoms. The molecule has 0 radical (unpaired) electrons. The Morgan fingerprint density at radius 1 is 1.06 bits per heavy atom. The van der Waals surface area contributed by atoms with Gasteiger partial charge in [0.25, 0.3) is 0 Å². The molecule has 1 aliphatic carbocycles. The van der Waals surface area contributed by atoms with E-state index >= 15 is 0 Å². The van der Waals surface area contributed by atoms with Gasteiger partial charge in [0.1, 0.15) is 6.54 Å². The van der Waals surface area contributed by atoms with Crippen LogP contribution in [0.15, 0.2) is 24.3 Å². The molecule has 2 rings (SSSR count). The first-order valence-electron chi connectivity index (χ1n) is 6.85. The number of benzene rings is 1. The highest BCUT2D eigenvalue weighted by Crippen LogP contribution is 2.15. The fraction of sp³-hybridized carbons (Fsp3) is 0.600. The average Bonchev–Trinajstić information content (AvgIpc) is 2.38. The number of hydrogen-bond acceptors (Lipinski definition) is 1. The topological polar surface area (TPSA) is 19.9 Å². The fourth-order valence-electron chi connectivity index (χ4n) is 2.60. The molecule has 0 saturated heterocycles. The van der Waals surface area contributed by atoms with Gasteiger partial charge in [-0.25, -0.2) is 0 Å². The average molecular weight is 233 g/mol. The van der Waals surface area contributed by atoms with Crippen LogP contribution in [0.4, 0.5) is 5.69 Å². The monoisotopic (exact) mass is 233 g/mol. The van der Waals surface area contributed by atoms with Crippen molar-refractivity contribution in [1.82, 2.24) is 0 Å². The van der Waals surface area contributed by atoms with Gasteiger partial charge in [-0.05, 0) is 37.8 Å². The molecule has 0 heterocycles. The molecule has 1 aromatic rings. The quantitative estimate of drug-likeness (QED) is 0.844. The fourth-order valence-corrected chi connectivity index (χ4v) is 2.60. The molecular formula is C15H25N2+. The van der Waals surface area contributed by atoms with Crippen LogP contribution < -0.4 is 10.2 Å². The Balaban J connectivity index is 1.82. The van der Waals surface area contributed by atoms with E-state index in [0.717, 1.165) is 12.6 Å². The maximum absolute atomic E-state index is 2.53. The van der Waals surface area contributed by atoms with E-state index in [-0.39, 0.29) is 0 Å². The van der Waals surface area contributed by atoms with Gasteiger partial charge in [-0.2, -0.15) is 0 Å². The molecule has 2 heteroatoms. The van der Waals surface area contributed by atoms with Crippen LogP contribution in [0.3, 0.4) is 0 Å². The first kappa shape index (κ1) is 12.4. The summed E-state index contributed by atoms with van der Waals surface area (Å²) in [7, 11) is 4.17. The van der Waals surface area contributed by atoms with Crippen molar-refractivity contribution < 1.29 is 5.32 Å². The van der Waals surface area contributed by atoms with E-state index in [1.807, 2.05) is 0 Å². The van der Waals surface area contributed by atoms with Crippen molar-refractivity contribution in [1.29, 1.82) is 0 Å². The molecule has 2 nitrogen and oxygen atoms in total.